The molecule has 1 saturated heterocycles. The summed E-state index contributed by atoms with van der Waals surface area (Å²) in [6.07, 6.45) is 2.07. The van der Waals surface area contributed by atoms with E-state index in [4.69, 9.17) is 4.74 Å². The second-order valence-corrected chi connectivity index (χ2v) is 10.8. The van der Waals surface area contributed by atoms with Gasteiger partial charge in [-0.15, -0.1) is 0 Å². The van der Waals surface area contributed by atoms with Gasteiger partial charge in [-0.3, -0.25) is 9.69 Å². The van der Waals surface area contributed by atoms with E-state index in [1.165, 1.54) is 22.3 Å². The lowest BCUT2D eigenvalue weighted by atomic mass is 9.42. The van der Waals surface area contributed by atoms with Gasteiger partial charge in [0.15, 0.2) is 0 Å². The first-order chi connectivity index (χ1) is 16.1. The average molecular weight is 502 g/mol. The molecule has 3 aliphatic carbocycles. The van der Waals surface area contributed by atoms with Crippen LogP contribution in [0.5, 0.6) is 0 Å². The Hall–Kier alpha value is -2.43. The number of carbonyl (C=O) groups excluding carboxylic acids is 1. The van der Waals surface area contributed by atoms with E-state index in [1.807, 2.05) is 0 Å². The van der Waals surface area contributed by atoms with Crippen molar-refractivity contribution < 1.29 is 9.53 Å². The zero-order valence-electron chi connectivity index (χ0n) is 18.8. The second-order valence-electron chi connectivity index (χ2n) is 9.90. The van der Waals surface area contributed by atoms with Gasteiger partial charge in [0.1, 0.15) is 0 Å². The highest BCUT2D eigenvalue weighted by Crippen LogP contribution is 2.69. The van der Waals surface area contributed by atoms with Gasteiger partial charge in [-0.25, -0.2) is 0 Å². The third-order valence-corrected chi connectivity index (χ3v) is 9.06. The quantitative estimate of drug-likeness (QED) is 0.415. The minimum Gasteiger partial charge on any atom is -0.469 e. The Kier molecular flexibility index (Phi) is 5.00. The van der Waals surface area contributed by atoms with E-state index in [0.717, 1.165) is 36.9 Å². The Labute approximate surface area is 203 Å². The number of hydrogen-bond acceptors (Lipinski definition) is 3. The molecule has 3 aromatic rings. The summed E-state index contributed by atoms with van der Waals surface area (Å²) < 4.78 is 6.68. The van der Waals surface area contributed by atoms with Crippen molar-refractivity contribution in [1.29, 1.82) is 0 Å². The van der Waals surface area contributed by atoms with Crippen molar-refractivity contribution in [3.05, 3.63) is 106 Å². The Morgan fingerprint density at radius 3 is 2.64 bits per heavy atom. The first-order valence-electron chi connectivity index (χ1n) is 11.8. The van der Waals surface area contributed by atoms with Crippen molar-refractivity contribution >= 4 is 21.9 Å². The monoisotopic (exact) mass is 501 g/mol. The number of fused-ring (bicyclic) bond motifs is 1. The van der Waals surface area contributed by atoms with Crippen LogP contribution in [0.3, 0.4) is 0 Å². The van der Waals surface area contributed by atoms with Crippen molar-refractivity contribution in [2.24, 2.45) is 11.3 Å². The smallest absolute Gasteiger partial charge is 0.314 e. The SMILES string of the molecule is COC(=O)C12CN(Cc3ccccc3)CC1C1(c3cccc(Br)c3)CCC2c2ccccc21. The van der Waals surface area contributed by atoms with Gasteiger partial charge in [0.25, 0.3) is 0 Å². The summed E-state index contributed by atoms with van der Waals surface area (Å²) in [5.74, 6) is 0.326. The number of nitrogens with zero attached hydrogens (tertiary/aromatic N) is 1. The van der Waals surface area contributed by atoms with Crippen LogP contribution in [0.1, 0.15) is 41.0 Å². The van der Waals surface area contributed by atoms with Crippen LogP contribution in [0.25, 0.3) is 0 Å². The fourth-order valence-electron chi connectivity index (χ4n) is 7.45. The van der Waals surface area contributed by atoms with E-state index in [0.29, 0.717) is 0 Å². The third-order valence-electron chi connectivity index (χ3n) is 8.56. The zero-order chi connectivity index (χ0) is 22.6. The number of halogens is 1. The van der Waals surface area contributed by atoms with Crippen LogP contribution in [-0.4, -0.2) is 31.1 Å². The molecule has 0 aromatic heterocycles. The summed E-state index contributed by atoms with van der Waals surface area (Å²) in [4.78, 5) is 16.2. The van der Waals surface area contributed by atoms with Crippen molar-refractivity contribution in [3.8, 4) is 0 Å². The molecule has 3 aromatic carbocycles. The van der Waals surface area contributed by atoms with Crippen LogP contribution < -0.4 is 0 Å². The summed E-state index contributed by atoms with van der Waals surface area (Å²) in [6, 6.07) is 28.2. The summed E-state index contributed by atoms with van der Waals surface area (Å²) in [6.45, 7) is 2.49. The number of hydrogen-bond donors (Lipinski definition) is 0. The Balaban J connectivity index is 1.56. The second kappa shape index (κ2) is 7.82. The Morgan fingerprint density at radius 1 is 1.06 bits per heavy atom. The third kappa shape index (κ3) is 2.93. The average Bonchev–Trinajstić information content (AvgIpc) is 3.26. The maximum atomic E-state index is 13.8. The molecule has 2 bridgehead atoms. The first-order valence-corrected chi connectivity index (χ1v) is 12.6. The fraction of sp³-hybridized carbons (Fsp3) is 0.345. The van der Waals surface area contributed by atoms with E-state index < -0.39 is 5.41 Å². The van der Waals surface area contributed by atoms with E-state index in [-0.39, 0.29) is 23.2 Å². The molecule has 0 amide bonds. The van der Waals surface area contributed by atoms with E-state index in [9.17, 15) is 4.79 Å². The minimum absolute atomic E-state index is 0.0402. The molecule has 0 N–H and O–H groups in total. The number of esters is 1. The Bertz CT molecular complexity index is 1210. The number of rotatable bonds is 4. The number of likely N-dealkylation sites (tertiary alicyclic amines) is 1. The van der Waals surface area contributed by atoms with Crippen LogP contribution >= 0.6 is 15.9 Å². The predicted molar refractivity (Wildman–Crippen MR) is 133 cm³/mol. The predicted octanol–water partition coefficient (Wildman–Crippen LogP) is 5.92. The number of carbonyl (C=O) groups is 1. The standard InChI is InChI=1S/C29H28BrNO2/c1-33-27(32)29-19-31(17-20-8-3-2-4-9-20)18-26(29)28(21-10-7-11-22(30)16-21)15-14-25(29)23-12-5-6-13-24(23)28/h2-13,16,25-26H,14-15,17-19H2,1H3. The molecule has 2 fully saturated rings. The lowest BCUT2D eigenvalue weighted by Gasteiger charge is -2.59. The van der Waals surface area contributed by atoms with Crippen LogP contribution in [0, 0.1) is 11.3 Å². The van der Waals surface area contributed by atoms with E-state index >= 15 is 0 Å². The van der Waals surface area contributed by atoms with Gasteiger partial charge in [0, 0.05) is 41.4 Å². The Morgan fingerprint density at radius 2 is 1.85 bits per heavy atom. The number of benzene rings is 3. The largest absolute Gasteiger partial charge is 0.469 e. The molecule has 4 unspecified atom stereocenters. The molecule has 1 saturated carbocycles. The fourth-order valence-corrected chi connectivity index (χ4v) is 7.85. The molecule has 0 radical (unpaired) electrons. The topological polar surface area (TPSA) is 29.5 Å². The van der Waals surface area contributed by atoms with Crippen LogP contribution in [0.15, 0.2) is 83.3 Å². The lowest BCUT2D eigenvalue weighted by Crippen LogP contribution is -2.60. The highest BCUT2D eigenvalue weighted by molar-refractivity contribution is 9.10. The minimum atomic E-state index is -0.529. The van der Waals surface area contributed by atoms with Crippen molar-refractivity contribution in [1.82, 2.24) is 4.90 Å². The summed E-state index contributed by atoms with van der Waals surface area (Å²) in [5, 5.41) is 0. The van der Waals surface area contributed by atoms with Gasteiger partial charge in [-0.2, -0.15) is 0 Å². The molecule has 1 aliphatic heterocycles. The van der Waals surface area contributed by atoms with Gasteiger partial charge in [0.2, 0.25) is 0 Å². The van der Waals surface area contributed by atoms with Gasteiger partial charge in [0.05, 0.1) is 12.5 Å². The number of ether oxygens (including phenoxy) is 1. The summed E-state index contributed by atoms with van der Waals surface area (Å²) in [7, 11) is 1.56. The van der Waals surface area contributed by atoms with Crippen molar-refractivity contribution in [2.45, 2.75) is 30.7 Å². The molecule has 168 valence electrons. The van der Waals surface area contributed by atoms with Crippen molar-refractivity contribution in [3.63, 3.8) is 0 Å². The number of methoxy groups -OCH3 is 1. The molecule has 4 heteroatoms. The van der Waals surface area contributed by atoms with Gasteiger partial charge in [-0.1, -0.05) is 82.7 Å². The molecule has 1 heterocycles. The zero-order valence-corrected chi connectivity index (χ0v) is 20.4. The molecule has 0 spiro atoms. The highest BCUT2D eigenvalue weighted by Gasteiger charge is 2.70. The normalized spacial score (nSPS) is 30.0. The van der Waals surface area contributed by atoms with Gasteiger partial charge >= 0.3 is 5.97 Å². The molecular weight excluding hydrogens is 474 g/mol. The summed E-state index contributed by atoms with van der Waals surface area (Å²) in [5.41, 5.74) is 4.62. The van der Waals surface area contributed by atoms with Crippen LogP contribution in [-0.2, 0) is 21.5 Å². The van der Waals surface area contributed by atoms with E-state index in [2.05, 4.69) is 99.7 Å². The molecule has 4 aliphatic rings. The maximum Gasteiger partial charge on any atom is 0.314 e. The molecule has 7 rings (SSSR count). The van der Waals surface area contributed by atoms with Gasteiger partial charge < -0.3 is 4.74 Å². The van der Waals surface area contributed by atoms with Crippen molar-refractivity contribution in [2.75, 3.05) is 20.2 Å². The molecule has 33 heavy (non-hydrogen) atoms. The highest BCUT2D eigenvalue weighted by atomic mass is 79.9. The summed E-state index contributed by atoms with van der Waals surface area (Å²) >= 11 is 3.72. The van der Waals surface area contributed by atoms with E-state index in [1.54, 1.807) is 7.11 Å². The molecular formula is C29H28BrNO2. The first kappa shape index (κ1) is 21.1. The lowest BCUT2D eigenvalue weighted by molar-refractivity contribution is -0.161. The molecule has 4 atom stereocenters. The molecule has 3 nitrogen and oxygen atoms in total. The maximum absolute atomic E-state index is 13.8. The van der Waals surface area contributed by atoms with Gasteiger partial charge in [-0.05, 0) is 47.2 Å². The van der Waals surface area contributed by atoms with Crippen LogP contribution in [0.4, 0.5) is 0 Å². The van der Waals surface area contributed by atoms with Crippen LogP contribution in [0.2, 0.25) is 0 Å².